The Kier molecular flexibility index (Phi) is 6.34. The largest absolute Gasteiger partial charge is 0.344 e. The van der Waals surface area contributed by atoms with E-state index in [4.69, 9.17) is 0 Å². The highest BCUT2D eigenvalue weighted by molar-refractivity contribution is 5.85. The Bertz CT molecular complexity index is 320. The van der Waals surface area contributed by atoms with Crippen LogP contribution in [0.15, 0.2) is 0 Å². The molecule has 0 bridgehead atoms. The van der Waals surface area contributed by atoms with E-state index in [0.29, 0.717) is 18.8 Å². The Hall–Kier alpha value is -1.04. The number of hydrogen-bond donors (Lipinski definition) is 0. The molecule has 0 spiro atoms. The topological polar surface area (TPSA) is 44.1 Å². The summed E-state index contributed by atoms with van der Waals surface area (Å²) < 4.78 is 0. The second-order valence-electron chi connectivity index (χ2n) is 6.03. The number of amides is 1. The second kappa shape index (κ2) is 7.53. The Morgan fingerprint density at radius 3 is 2.21 bits per heavy atom. The number of nitriles is 1. The standard InChI is InChI=1S/C16H28N2O/c1-4-10-16(13-17,11-5-2)15(19)18(3)12-14-8-6-7-9-14/h14H,4-12H2,1-3H3. The van der Waals surface area contributed by atoms with Gasteiger partial charge in [-0.05, 0) is 31.6 Å². The molecule has 0 aromatic heterocycles. The molecule has 1 fully saturated rings. The highest BCUT2D eigenvalue weighted by atomic mass is 16.2. The fourth-order valence-corrected chi connectivity index (χ4v) is 3.38. The maximum atomic E-state index is 12.7. The summed E-state index contributed by atoms with van der Waals surface area (Å²) in [7, 11) is 1.87. The van der Waals surface area contributed by atoms with Crippen LogP contribution in [0.2, 0.25) is 0 Å². The van der Waals surface area contributed by atoms with Crippen LogP contribution in [-0.2, 0) is 4.79 Å². The number of carbonyl (C=O) groups excluding carboxylic acids is 1. The fraction of sp³-hybridized carbons (Fsp3) is 0.875. The molecule has 1 rings (SSSR count). The van der Waals surface area contributed by atoms with Crippen LogP contribution in [0.1, 0.15) is 65.2 Å². The smallest absolute Gasteiger partial charge is 0.242 e. The first kappa shape index (κ1) is 16.0. The van der Waals surface area contributed by atoms with Gasteiger partial charge in [-0.3, -0.25) is 4.79 Å². The zero-order chi connectivity index (χ0) is 14.3. The van der Waals surface area contributed by atoms with Gasteiger partial charge in [-0.25, -0.2) is 0 Å². The van der Waals surface area contributed by atoms with E-state index in [1.807, 2.05) is 25.8 Å². The molecule has 0 atom stereocenters. The summed E-state index contributed by atoms with van der Waals surface area (Å²) in [4.78, 5) is 14.5. The van der Waals surface area contributed by atoms with Crippen molar-refractivity contribution < 1.29 is 4.79 Å². The predicted molar refractivity (Wildman–Crippen MR) is 77.5 cm³/mol. The Morgan fingerprint density at radius 2 is 1.79 bits per heavy atom. The maximum Gasteiger partial charge on any atom is 0.242 e. The minimum absolute atomic E-state index is 0.0469. The summed E-state index contributed by atoms with van der Waals surface area (Å²) >= 11 is 0. The minimum atomic E-state index is -0.781. The van der Waals surface area contributed by atoms with E-state index >= 15 is 0 Å². The van der Waals surface area contributed by atoms with Crippen molar-refractivity contribution in [2.45, 2.75) is 65.2 Å². The summed E-state index contributed by atoms with van der Waals surface area (Å²) in [5, 5.41) is 9.52. The summed E-state index contributed by atoms with van der Waals surface area (Å²) in [5.41, 5.74) is -0.781. The van der Waals surface area contributed by atoms with Crippen LogP contribution in [0.5, 0.6) is 0 Å². The first-order valence-electron chi connectivity index (χ1n) is 7.76. The van der Waals surface area contributed by atoms with Crippen molar-refractivity contribution in [2.24, 2.45) is 11.3 Å². The van der Waals surface area contributed by atoms with Crippen LogP contribution in [0.4, 0.5) is 0 Å². The highest BCUT2D eigenvalue weighted by Crippen LogP contribution is 2.33. The monoisotopic (exact) mass is 264 g/mol. The summed E-state index contributed by atoms with van der Waals surface area (Å²) in [5.74, 6) is 0.694. The zero-order valence-electron chi connectivity index (χ0n) is 12.7. The van der Waals surface area contributed by atoms with Crippen molar-refractivity contribution in [2.75, 3.05) is 13.6 Å². The molecule has 0 aliphatic heterocycles. The van der Waals surface area contributed by atoms with Gasteiger partial charge in [0.1, 0.15) is 5.41 Å². The highest BCUT2D eigenvalue weighted by Gasteiger charge is 2.39. The van der Waals surface area contributed by atoms with Gasteiger partial charge in [0.25, 0.3) is 0 Å². The minimum Gasteiger partial charge on any atom is -0.344 e. The molecule has 108 valence electrons. The lowest BCUT2D eigenvalue weighted by molar-refractivity contribution is -0.139. The third-order valence-electron chi connectivity index (χ3n) is 4.33. The van der Waals surface area contributed by atoms with Gasteiger partial charge in [-0.2, -0.15) is 5.26 Å². The first-order valence-corrected chi connectivity index (χ1v) is 7.76. The van der Waals surface area contributed by atoms with Gasteiger partial charge in [-0.15, -0.1) is 0 Å². The van der Waals surface area contributed by atoms with Gasteiger partial charge in [0.2, 0.25) is 5.91 Å². The molecule has 0 unspecified atom stereocenters. The number of carbonyl (C=O) groups is 1. The molecule has 0 heterocycles. The van der Waals surface area contributed by atoms with Gasteiger partial charge >= 0.3 is 0 Å². The maximum absolute atomic E-state index is 12.7. The van der Waals surface area contributed by atoms with E-state index in [1.54, 1.807) is 0 Å². The van der Waals surface area contributed by atoms with Crippen molar-refractivity contribution >= 4 is 5.91 Å². The van der Waals surface area contributed by atoms with Crippen molar-refractivity contribution in [3.63, 3.8) is 0 Å². The van der Waals surface area contributed by atoms with E-state index in [0.717, 1.165) is 19.4 Å². The molecule has 3 heteroatoms. The lowest BCUT2D eigenvalue weighted by atomic mass is 9.79. The van der Waals surface area contributed by atoms with Crippen LogP contribution >= 0.6 is 0 Å². The van der Waals surface area contributed by atoms with Crippen LogP contribution in [-0.4, -0.2) is 24.4 Å². The molecular weight excluding hydrogens is 236 g/mol. The van der Waals surface area contributed by atoms with E-state index < -0.39 is 5.41 Å². The summed E-state index contributed by atoms with van der Waals surface area (Å²) in [6, 6.07) is 2.33. The average Bonchev–Trinajstić information content (AvgIpc) is 2.90. The Labute approximate surface area is 118 Å². The molecule has 19 heavy (non-hydrogen) atoms. The summed E-state index contributed by atoms with van der Waals surface area (Å²) in [6.45, 7) is 4.92. The second-order valence-corrected chi connectivity index (χ2v) is 6.03. The first-order chi connectivity index (χ1) is 9.09. The molecule has 1 amide bonds. The van der Waals surface area contributed by atoms with Gasteiger partial charge < -0.3 is 4.90 Å². The molecule has 1 saturated carbocycles. The van der Waals surface area contributed by atoms with Crippen molar-refractivity contribution in [3.05, 3.63) is 0 Å². The summed E-state index contributed by atoms with van der Waals surface area (Å²) in [6.07, 6.45) is 8.20. The predicted octanol–water partition coefficient (Wildman–Crippen LogP) is 3.75. The third kappa shape index (κ3) is 3.96. The van der Waals surface area contributed by atoms with Crippen LogP contribution in [0.25, 0.3) is 0 Å². The zero-order valence-corrected chi connectivity index (χ0v) is 12.7. The Balaban J connectivity index is 2.71. The van der Waals surface area contributed by atoms with E-state index in [1.165, 1.54) is 25.7 Å². The van der Waals surface area contributed by atoms with Gasteiger partial charge in [-0.1, -0.05) is 39.5 Å². The molecule has 0 aromatic carbocycles. The number of nitrogens with zero attached hydrogens (tertiary/aromatic N) is 2. The van der Waals surface area contributed by atoms with Crippen molar-refractivity contribution in [3.8, 4) is 6.07 Å². The lowest BCUT2D eigenvalue weighted by Crippen LogP contribution is -2.43. The molecule has 0 saturated heterocycles. The van der Waals surface area contributed by atoms with Gasteiger partial charge in [0.15, 0.2) is 0 Å². The average molecular weight is 264 g/mol. The van der Waals surface area contributed by atoms with Crippen LogP contribution in [0.3, 0.4) is 0 Å². The SMILES string of the molecule is CCCC(C#N)(CCC)C(=O)N(C)CC1CCCC1. The fourth-order valence-electron chi connectivity index (χ4n) is 3.38. The van der Waals surface area contributed by atoms with E-state index in [-0.39, 0.29) is 5.91 Å². The van der Waals surface area contributed by atoms with Crippen molar-refractivity contribution in [1.29, 1.82) is 5.26 Å². The van der Waals surface area contributed by atoms with E-state index in [9.17, 15) is 10.1 Å². The quantitative estimate of drug-likeness (QED) is 0.703. The normalized spacial score (nSPS) is 16.3. The Morgan fingerprint density at radius 1 is 1.26 bits per heavy atom. The van der Waals surface area contributed by atoms with Crippen LogP contribution in [0, 0.1) is 22.7 Å². The van der Waals surface area contributed by atoms with Gasteiger partial charge in [0.05, 0.1) is 6.07 Å². The van der Waals surface area contributed by atoms with Crippen LogP contribution < -0.4 is 0 Å². The third-order valence-corrected chi connectivity index (χ3v) is 4.33. The molecule has 1 aliphatic carbocycles. The lowest BCUT2D eigenvalue weighted by Gasteiger charge is -2.31. The number of rotatable bonds is 7. The molecule has 1 aliphatic rings. The van der Waals surface area contributed by atoms with Gasteiger partial charge in [0, 0.05) is 13.6 Å². The molecule has 0 N–H and O–H groups in total. The van der Waals surface area contributed by atoms with Crippen molar-refractivity contribution in [1.82, 2.24) is 4.90 Å². The molecule has 0 radical (unpaired) electrons. The molecule has 3 nitrogen and oxygen atoms in total. The van der Waals surface area contributed by atoms with E-state index in [2.05, 4.69) is 6.07 Å². The number of hydrogen-bond acceptors (Lipinski definition) is 2. The molecular formula is C16H28N2O. The molecule has 0 aromatic rings.